The summed E-state index contributed by atoms with van der Waals surface area (Å²) in [4.78, 5) is 11.7. The minimum absolute atomic E-state index is 0.184. The zero-order chi connectivity index (χ0) is 15.6. The molecule has 2 rings (SSSR count). The van der Waals surface area contributed by atoms with Crippen molar-refractivity contribution in [1.82, 2.24) is 10.6 Å². The number of aryl methyl sites for hydroxylation is 2. The zero-order valence-electron chi connectivity index (χ0n) is 13.6. The number of amides is 1. The Morgan fingerprint density at radius 3 is 2.43 bits per heavy atom. The van der Waals surface area contributed by atoms with Crippen LogP contribution in [-0.2, 0) is 11.3 Å². The Kier molecular flexibility index (Phi) is 4.57. The van der Waals surface area contributed by atoms with Gasteiger partial charge in [0.2, 0.25) is 0 Å². The van der Waals surface area contributed by atoms with Gasteiger partial charge in [-0.15, -0.1) is 0 Å². The van der Waals surface area contributed by atoms with Crippen molar-refractivity contribution >= 4 is 6.09 Å². The van der Waals surface area contributed by atoms with Crippen molar-refractivity contribution < 1.29 is 9.53 Å². The predicted octanol–water partition coefficient (Wildman–Crippen LogP) is 3.06. The summed E-state index contributed by atoms with van der Waals surface area (Å²) < 4.78 is 5.26. The van der Waals surface area contributed by atoms with Gasteiger partial charge in [0.05, 0.1) is 0 Å². The summed E-state index contributed by atoms with van der Waals surface area (Å²) in [6.45, 7) is 10.7. The summed E-state index contributed by atoms with van der Waals surface area (Å²) in [6.07, 6.45) is 0.633. The van der Waals surface area contributed by atoms with Crippen molar-refractivity contribution in [3.63, 3.8) is 0 Å². The maximum absolute atomic E-state index is 11.7. The molecule has 0 saturated heterocycles. The molecule has 1 aromatic rings. The van der Waals surface area contributed by atoms with Crippen LogP contribution in [-0.4, -0.2) is 23.8 Å². The van der Waals surface area contributed by atoms with Crippen molar-refractivity contribution in [3.05, 3.63) is 34.9 Å². The SMILES string of the molecule is Cc1cccc(C)c1CNC1CC1NC(=O)OC(C)(C)C. The summed E-state index contributed by atoms with van der Waals surface area (Å²) in [6, 6.07) is 6.87. The monoisotopic (exact) mass is 290 g/mol. The normalized spacial score (nSPS) is 21.0. The fourth-order valence-corrected chi connectivity index (χ4v) is 2.40. The maximum Gasteiger partial charge on any atom is 0.407 e. The van der Waals surface area contributed by atoms with Crippen LogP contribution >= 0.6 is 0 Å². The number of carbonyl (C=O) groups is 1. The van der Waals surface area contributed by atoms with Gasteiger partial charge in [0.1, 0.15) is 5.60 Å². The summed E-state index contributed by atoms with van der Waals surface area (Å²) in [5, 5.41) is 6.40. The second-order valence-electron chi connectivity index (χ2n) is 6.85. The molecule has 1 saturated carbocycles. The number of rotatable bonds is 4. The van der Waals surface area contributed by atoms with Crippen molar-refractivity contribution in [1.29, 1.82) is 0 Å². The van der Waals surface area contributed by atoms with E-state index in [9.17, 15) is 4.79 Å². The Balaban J connectivity index is 1.76. The lowest BCUT2D eigenvalue weighted by molar-refractivity contribution is 0.0522. The lowest BCUT2D eigenvalue weighted by Gasteiger charge is -2.19. The molecule has 0 heterocycles. The smallest absolute Gasteiger partial charge is 0.407 e. The molecule has 1 aromatic carbocycles. The van der Waals surface area contributed by atoms with Gasteiger partial charge in [-0.1, -0.05) is 18.2 Å². The first kappa shape index (κ1) is 15.8. The summed E-state index contributed by atoms with van der Waals surface area (Å²) in [5.41, 5.74) is 3.51. The Morgan fingerprint density at radius 1 is 1.24 bits per heavy atom. The highest BCUT2D eigenvalue weighted by Gasteiger charge is 2.38. The van der Waals surface area contributed by atoms with E-state index in [4.69, 9.17) is 4.74 Å². The van der Waals surface area contributed by atoms with E-state index < -0.39 is 5.60 Å². The van der Waals surface area contributed by atoms with Crippen LogP contribution in [0.2, 0.25) is 0 Å². The Bertz CT molecular complexity index is 500. The quantitative estimate of drug-likeness (QED) is 0.896. The predicted molar refractivity (Wildman–Crippen MR) is 84.3 cm³/mol. The summed E-state index contributed by atoms with van der Waals surface area (Å²) >= 11 is 0. The van der Waals surface area contributed by atoms with Gasteiger partial charge in [0, 0.05) is 18.6 Å². The molecule has 0 aliphatic heterocycles. The molecule has 116 valence electrons. The van der Waals surface area contributed by atoms with Crippen LogP contribution in [0.1, 0.15) is 43.9 Å². The third-order valence-corrected chi connectivity index (χ3v) is 3.68. The van der Waals surface area contributed by atoms with Gasteiger partial charge in [0.15, 0.2) is 0 Å². The van der Waals surface area contributed by atoms with Gasteiger partial charge >= 0.3 is 6.09 Å². The van der Waals surface area contributed by atoms with Crippen molar-refractivity contribution in [2.75, 3.05) is 0 Å². The van der Waals surface area contributed by atoms with E-state index in [-0.39, 0.29) is 12.1 Å². The minimum atomic E-state index is -0.444. The van der Waals surface area contributed by atoms with Crippen molar-refractivity contribution in [2.24, 2.45) is 0 Å². The highest BCUT2D eigenvalue weighted by molar-refractivity contribution is 5.68. The third kappa shape index (κ3) is 4.74. The first-order chi connectivity index (χ1) is 9.76. The average Bonchev–Trinajstić information content (AvgIpc) is 3.04. The second kappa shape index (κ2) is 6.06. The van der Waals surface area contributed by atoms with Crippen LogP contribution in [0.3, 0.4) is 0 Å². The number of ether oxygens (including phenoxy) is 1. The van der Waals surface area contributed by atoms with Gasteiger partial charge in [-0.25, -0.2) is 4.79 Å². The Hall–Kier alpha value is -1.55. The number of hydrogen-bond acceptors (Lipinski definition) is 3. The number of nitrogens with one attached hydrogen (secondary N) is 2. The molecule has 2 atom stereocenters. The summed E-state index contributed by atoms with van der Waals surface area (Å²) in [5.74, 6) is 0. The lowest BCUT2D eigenvalue weighted by atomic mass is 10.0. The van der Waals surface area contributed by atoms with Gasteiger partial charge in [0.25, 0.3) is 0 Å². The van der Waals surface area contributed by atoms with Crippen LogP contribution < -0.4 is 10.6 Å². The second-order valence-corrected chi connectivity index (χ2v) is 6.85. The van der Waals surface area contributed by atoms with E-state index in [1.807, 2.05) is 20.8 Å². The average molecular weight is 290 g/mol. The molecule has 2 N–H and O–H groups in total. The molecule has 0 bridgehead atoms. The summed E-state index contributed by atoms with van der Waals surface area (Å²) in [7, 11) is 0. The molecular weight excluding hydrogens is 264 g/mol. The molecule has 0 spiro atoms. The van der Waals surface area contributed by atoms with E-state index >= 15 is 0 Å². The van der Waals surface area contributed by atoms with E-state index in [0.29, 0.717) is 6.04 Å². The van der Waals surface area contributed by atoms with Gasteiger partial charge < -0.3 is 15.4 Å². The number of alkyl carbamates (subject to hydrolysis) is 1. The van der Waals surface area contributed by atoms with Crippen LogP contribution in [0.5, 0.6) is 0 Å². The number of benzene rings is 1. The van der Waals surface area contributed by atoms with Crippen LogP contribution in [0.4, 0.5) is 4.79 Å². The molecule has 1 fully saturated rings. The fourth-order valence-electron chi connectivity index (χ4n) is 2.40. The van der Waals surface area contributed by atoms with Crippen LogP contribution in [0.15, 0.2) is 18.2 Å². The number of hydrogen-bond donors (Lipinski definition) is 2. The molecular formula is C17H26N2O2. The zero-order valence-corrected chi connectivity index (χ0v) is 13.6. The van der Waals surface area contributed by atoms with Gasteiger partial charge in [-0.2, -0.15) is 0 Å². The van der Waals surface area contributed by atoms with Gasteiger partial charge in [-0.3, -0.25) is 0 Å². The standard InChI is InChI=1S/C17H26N2O2/c1-11-7-6-8-12(2)13(11)10-18-14-9-15(14)19-16(20)21-17(3,4)5/h6-8,14-15,18H,9-10H2,1-5H3,(H,19,20). The molecule has 2 unspecified atom stereocenters. The van der Waals surface area contributed by atoms with E-state index in [1.54, 1.807) is 0 Å². The number of carbonyl (C=O) groups excluding carboxylic acids is 1. The maximum atomic E-state index is 11.7. The van der Waals surface area contributed by atoms with Crippen molar-refractivity contribution in [3.8, 4) is 0 Å². The highest BCUT2D eigenvalue weighted by atomic mass is 16.6. The topological polar surface area (TPSA) is 50.4 Å². The van der Waals surface area contributed by atoms with E-state index in [1.165, 1.54) is 16.7 Å². The molecule has 1 aliphatic carbocycles. The molecule has 1 amide bonds. The molecule has 4 nitrogen and oxygen atoms in total. The first-order valence-electron chi connectivity index (χ1n) is 7.54. The van der Waals surface area contributed by atoms with Crippen molar-refractivity contribution in [2.45, 2.75) is 65.3 Å². The Morgan fingerprint density at radius 2 is 1.86 bits per heavy atom. The van der Waals surface area contributed by atoms with Crippen LogP contribution in [0, 0.1) is 13.8 Å². The first-order valence-corrected chi connectivity index (χ1v) is 7.54. The lowest BCUT2D eigenvalue weighted by Crippen LogP contribution is -2.36. The molecule has 4 heteroatoms. The Labute approximate surface area is 127 Å². The molecule has 0 radical (unpaired) electrons. The molecule has 0 aromatic heterocycles. The molecule has 1 aliphatic rings. The van der Waals surface area contributed by atoms with E-state index in [0.717, 1.165) is 13.0 Å². The third-order valence-electron chi connectivity index (χ3n) is 3.68. The van der Waals surface area contributed by atoms with Crippen LogP contribution in [0.25, 0.3) is 0 Å². The minimum Gasteiger partial charge on any atom is -0.444 e. The highest BCUT2D eigenvalue weighted by Crippen LogP contribution is 2.23. The fraction of sp³-hybridized carbons (Fsp3) is 0.588. The van der Waals surface area contributed by atoms with E-state index in [2.05, 4.69) is 42.7 Å². The largest absolute Gasteiger partial charge is 0.444 e. The van der Waals surface area contributed by atoms with Gasteiger partial charge in [-0.05, 0) is 57.7 Å². The molecule has 21 heavy (non-hydrogen) atoms.